The molecule has 8 nitrogen and oxygen atoms in total. The fraction of sp³-hybridized carbons (Fsp3) is 0.667. The zero-order chi connectivity index (χ0) is 21.7. The summed E-state index contributed by atoms with van der Waals surface area (Å²) in [4.78, 5) is 27.5. The fourth-order valence-electron chi connectivity index (χ4n) is 7.40. The van der Waals surface area contributed by atoms with Gasteiger partial charge in [0, 0.05) is 31.2 Å². The fourth-order valence-corrected chi connectivity index (χ4v) is 7.40. The third-order valence-electron chi connectivity index (χ3n) is 8.25. The maximum Gasteiger partial charge on any atom is 0.315 e. The molecule has 1 aliphatic heterocycles. The van der Waals surface area contributed by atoms with E-state index in [1.807, 2.05) is 33.7 Å². The normalized spacial score (nSPS) is 33.1. The van der Waals surface area contributed by atoms with Crippen molar-refractivity contribution < 1.29 is 9.59 Å². The summed E-state index contributed by atoms with van der Waals surface area (Å²) in [6.07, 6.45) is 11.6. The predicted octanol–water partition coefficient (Wildman–Crippen LogP) is 3.05. The van der Waals surface area contributed by atoms with Crippen LogP contribution in [0.2, 0.25) is 0 Å². The number of carbonyl (C=O) groups is 2. The molecule has 0 spiro atoms. The number of pyridine rings is 1. The largest absolute Gasteiger partial charge is 0.338 e. The van der Waals surface area contributed by atoms with E-state index in [1.54, 1.807) is 0 Å². The van der Waals surface area contributed by atoms with E-state index in [0.717, 1.165) is 67.9 Å². The number of likely N-dealkylation sites (tertiary alicyclic amines) is 1. The van der Waals surface area contributed by atoms with Gasteiger partial charge in [-0.15, -0.1) is 10.2 Å². The molecule has 4 aliphatic carbocycles. The Morgan fingerprint density at radius 1 is 1.06 bits per heavy atom. The summed E-state index contributed by atoms with van der Waals surface area (Å²) in [6.45, 7) is 1.09. The Bertz CT molecular complexity index is 997. The minimum Gasteiger partial charge on any atom is -0.338 e. The topological polar surface area (TPSA) is 91.6 Å². The molecule has 2 aromatic rings. The number of nitrogens with zero attached hydrogens (tertiary/aromatic N) is 4. The van der Waals surface area contributed by atoms with E-state index in [2.05, 4.69) is 20.8 Å². The molecule has 8 heteroatoms. The molecular weight excluding hydrogens is 404 g/mol. The highest BCUT2D eigenvalue weighted by atomic mass is 16.2. The Kier molecular flexibility index (Phi) is 4.84. The van der Waals surface area contributed by atoms with Crippen LogP contribution in [0.3, 0.4) is 0 Å². The van der Waals surface area contributed by atoms with Crippen LogP contribution in [0, 0.1) is 17.8 Å². The summed E-state index contributed by atoms with van der Waals surface area (Å²) in [6, 6.07) is 5.64. The van der Waals surface area contributed by atoms with Crippen LogP contribution in [0.5, 0.6) is 0 Å². The van der Waals surface area contributed by atoms with Gasteiger partial charge in [-0.3, -0.25) is 9.20 Å². The summed E-state index contributed by atoms with van der Waals surface area (Å²) < 4.78 is 1.97. The molecule has 5 aliphatic rings. The van der Waals surface area contributed by atoms with Crippen molar-refractivity contribution in [1.82, 2.24) is 30.1 Å². The van der Waals surface area contributed by atoms with Crippen molar-refractivity contribution in [2.45, 2.75) is 69.4 Å². The molecule has 3 heterocycles. The van der Waals surface area contributed by atoms with E-state index in [0.29, 0.717) is 13.0 Å². The molecule has 5 fully saturated rings. The third kappa shape index (κ3) is 3.53. The second-order valence-electron chi connectivity index (χ2n) is 10.6. The molecule has 32 heavy (non-hydrogen) atoms. The molecule has 3 amide bonds. The first-order chi connectivity index (χ1) is 15.6. The second-order valence-corrected chi connectivity index (χ2v) is 10.6. The van der Waals surface area contributed by atoms with E-state index < -0.39 is 0 Å². The van der Waals surface area contributed by atoms with Gasteiger partial charge in [-0.2, -0.15) is 0 Å². The van der Waals surface area contributed by atoms with Gasteiger partial charge in [0.15, 0.2) is 11.5 Å². The Hall–Kier alpha value is -2.64. The maximum absolute atomic E-state index is 13.0. The summed E-state index contributed by atoms with van der Waals surface area (Å²) in [5.41, 5.74) is 0.794. The SMILES string of the molecule is O=C(NCCC(=O)N1CCCC1c1nnc2ccccn12)NC12CC3CC(CC(C3)C1)C2. The van der Waals surface area contributed by atoms with E-state index in [9.17, 15) is 9.59 Å². The molecule has 0 radical (unpaired) electrons. The third-order valence-corrected chi connectivity index (χ3v) is 8.25. The summed E-state index contributed by atoms with van der Waals surface area (Å²) in [7, 11) is 0. The number of hydrogen-bond donors (Lipinski definition) is 2. The van der Waals surface area contributed by atoms with Gasteiger partial charge in [0.1, 0.15) is 0 Å². The lowest BCUT2D eigenvalue weighted by atomic mass is 9.53. The van der Waals surface area contributed by atoms with Crippen LogP contribution in [0.15, 0.2) is 24.4 Å². The highest BCUT2D eigenvalue weighted by Crippen LogP contribution is 2.55. The van der Waals surface area contributed by atoms with Gasteiger partial charge in [-0.05, 0) is 81.3 Å². The van der Waals surface area contributed by atoms with Crippen LogP contribution in [0.1, 0.15) is 69.7 Å². The molecule has 170 valence electrons. The van der Waals surface area contributed by atoms with Crippen molar-refractivity contribution in [1.29, 1.82) is 0 Å². The Morgan fingerprint density at radius 2 is 1.81 bits per heavy atom. The second kappa shape index (κ2) is 7.74. The number of nitrogens with one attached hydrogen (secondary N) is 2. The van der Waals surface area contributed by atoms with Crippen LogP contribution in [0.25, 0.3) is 5.65 Å². The van der Waals surface area contributed by atoms with Crippen molar-refractivity contribution in [3.8, 4) is 0 Å². The highest BCUT2D eigenvalue weighted by Gasteiger charge is 2.51. The highest BCUT2D eigenvalue weighted by molar-refractivity contribution is 5.79. The zero-order valence-corrected chi connectivity index (χ0v) is 18.5. The zero-order valence-electron chi connectivity index (χ0n) is 18.5. The Morgan fingerprint density at radius 3 is 2.56 bits per heavy atom. The van der Waals surface area contributed by atoms with Gasteiger partial charge in [-0.1, -0.05) is 6.07 Å². The number of carbonyl (C=O) groups excluding carboxylic acids is 2. The molecular formula is C24H32N6O2. The summed E-state index contributed by atoms with van der Waals surface area (Å²) in [5.74, 6) is 3.27. The lowest BCUT2D eigenvalue weighted by Gasteiger charge is -2.56. The first-order valence-electron chi connectivity index (χ1n) is 12.2. The number of aromatic nitrogens is 3. The van der Waals surface area contributed by atoms with E-state index in [-0.39, 0.29) is 23.5 Å². The van der Waals surface area contributed by atoms with Crippen molar-refractivity contribution in [2.24, 2.45) is 17.8 Å². The standard InChI is InChI=1S/C24H32N6O2/c31-21(29-9-3-4-19(29)22-28-27-20-5-1-2-8-30(20)22)6-7-25-23(32)26-24-13-16-10-17(14-24)12-18(11-16)15-24/h1-2,5,8,16-19H,3-4,6-7,9-15H2,(H2,25,26,32). The molecule has 1 atom stereocenters. The molecule has 2 aromatic heterocycles. The molecule has 1 saturated heterocycles. The van der Waals surface area contributed by atoms with Gasteiger partial charge in [0.25, 0.3) is 0 Å². The van der Waals surface area contributed by atoms with Crippen molar-refractivity contribution in [3.63, 3.8) is 0 Å². The molecule has 0 aromatic carbocycles. The first kappa shape index (κ1) is 20.0. The van der Waals surface area contributed by atoms with Gasteiger partial charge in [0.2, 0.25) is 5.91 Å². The Labute approximate surface area is 188 Å². The van der Waals surface area contributed by atoms with Gasteiger partial charge in [0.05, 0.1) is 6.04 Å². The van der Waals surface area contributed by atoms with Crippen LogP contribution in [-0.4, -0.2) is 50.1 Å². The molecule has 2 N–H and O–H groups in total. The Balaban J connectivity index is 1.04. The first-order valence-corrected chi connectivity index (χ1v) is 12.2. The quantitative estimate of drug-likeness (QED) is 0.754. The molecule has 4 bridgehead atoms. The van der Waals surface area contributed by atoms with Crippen LogP contribution in [-0.2, 0) is 4.79 Å². The minimum absolute atomic E-state index is 0.00236. The van der Waals surface area contributed by atoms with E-state index in [4.69, 9.17) is 0 Å². The van der Waals surface area contributed by atoms with Crippen molar-refractivity contribution >= 4 is 17.6 Å². The molecule has 7 rings (SSSR count). The molecule has 1 unspecified atom stereocenters. The monoisotopic (exact) mass is 436 g/mol. The van der Waals surface area contributed by atoms with Crippen LogP contribution in [0.4, 0.5) is 4.79 Å². The number of urea groups is 1. The maximum atomic E-state index is 13.0. The van der Waals surface area contributed by atoms with Crippen LogP contribution < -0.4 is 10.6 Å². The number of amides is 3. The van der Waals surface area contributed by atoms with E-state index in [1.165, 1.54) is 19.3 Å². The minimum atomic E-state index is -0.110. The van der Waals surface area contributed by atoms with Crippen molar-refractivity contribution in [2.75, 3.05) is 13.1 Å². The van der Waals surface area contributed by atoms with E-state index >= 15 is 0 Å². The average Bonchev–Trinajstić information content (AvgIpc) is 3.39. The van der Waals surface area contributed by atoms with Crippen LogP contribution >= 0.6 is 0 Å². The van der Waals surface area contributed by atoms with Gasteiger partial charge >= 0.3 is 6.03 Å². The van der Waals surface area contributed by atoms with Crippen molar-refractivity contribution in [3.05, 3.63) is 30.2 Å². The predicted molar refractivity (Wildman–Crippen MR) is 119 cm³/mol. The van der Waals surface area contributed by atoms with Gasteiger partial charge in [-0.25, -0.2) is 4.79 Å². The average molecular weight is 437 g/mol. The number of rotatable bonds is 5. The number of hydrogen-bond acceptors (Lipinski definition) is 4. The summed E-state index contributed by atoms with van der Waals surface area (Å²) >= 11 is 0. The smallest absolute Gasteiger partial charge is 0.315 e. The molecule has 4 saturated carbocycles. The van der Waals surface area contributed by atoms with Gasteiger partial charge < -0.3 is 15.5 Å². The lowest BCUT2D eigenvalue weighted by molar-refractivity contribution is -0.132. The summed E-state index contributed by atoms with van der Waals surface area (Å²) in [5, 5.41) is 14.9. The number of fused-ring (bicyclic) bond motifs is 1. The lowest BCUT2D eigenvalue weighted by Crippen LogP contribution is -2.61.